The van der Waals surface area contributed by atoms with Gasteiger partial charge in [0.15, 0.2) is 0 Å². The van der Waals surface area contributed by atoms with Crippen molar-refractivity contribution in [3.63, 3.8) is 0 Å². The van der Waals surface area contributed by atoms with Gasteiger partial charge in [0.05, 0.1) is 17.6 Å². The smallest absolute Gasteiger partial charge is 0.277 e. The van der Waals surface area contributed by atoms with Crippen molar-refractivity contribution in [2.45, 2.75) is 19.1 Å². The van der Waals surface area contributed by atoms with E-state index in [1.54, 1.807) is 24.5 Å². The van der Waals surface area contributed by atoms with Gasteiger partial charge in [-0.15, -0.1) is 10.2 Å². The third-order valence-corrected chi connectivity index (χ3v) is 5.00. The Morgan fingerprint density at radius 3 is 2.63 bits per heavy atom. The summed E-state index contributed by atoms with van der Waals surface area (Å²) in [6.07, 6.45) is 1.56. The second-order valence-corrected chi connectivity index (χ2v) is 7.47. The molecule has 2 heterocycles. The Bertz CT molecular complexity index is 1150. The number of aryl methyl sites for hydroxylation is 2. The number of hydrogen-bond donors (Lipinski definition) is 1. The molecule has 1 N–H and O–H groups in total. The molecule has 30 heavy (non-hydrogen) atoms. The predicted octanol–water partition coefficient (Wildman–Crippen LogP) is 5.47. The van der Waals surface area contributed by atoms with Crippen LogP contribution >= 0.6 is 11.8 Å². The summed E-state index contributed by atoms with van der Waals surface area (Å²) in [6, 6.07) is 16.8. The molecule has 0 aliphatic heterocycles. The fraction of sp³-hybridized carbons (Fsp3) is 0.136. The molecule has 152 valence electrons. The summed E-state index contributed by atoms with van der Waals surface area (Å²) in [5, 5.41) is 11.1. The molecule has 1 amide bonds. The van der Waals surface area contributed by atoms with Crippen LogP contribution in [0.15, 0.2) is 74.9 Å². The van der Waals surface area contributed by atoms with E-state index in [1.807, 2.05) is 50.2 Å². The minimum absolute atomic E-state index is 0.146. The zero-order valence-corrected chi connectivity index (χ0v) is 17.2. The van der Waals surface area contributed by atoms with E-state index in [2.05, 4.69) is 15.5 Å². The number of furan rings is 1. The van der Waals surface area contributed by atoms with Crippen molar-refractivity contribution in [2.24, 2.45) is 0 Å². The van der Waals surface area contributed by atoms with E-state index < -0.39 is 0 Å². The molecule has 0 saturated carbocycles. The molecule has 0 radical (unpaired) electrons. The van der Waals surface area contributed by atoms with Crippen LogP contribution in [0.25, 0.3) is 11.5 Å². The Hall–Kier alpha value is -3.52. The summed E-state index contributed by atoms with van der Waals surface area (Å²) >= 11 is 1.17. The monoisotopic (exact) mass is 421 g/mol. The number of anilines is 1. The molecular formula is C22H19N3O4S. The third-order valence-electron chi connectivity index (χ3n) is 4.19. The van der Waals surface area contributed by atoms with Crippen LogP contribution in [0.3, 0.4) is 0 Å². The van der Waals surface area contributed by atoms with E-state index in [0.717, 1.165) is 16.9 Å². The normalized spacial score (nSPS) is 10.7. The molecule has 7 nitrogen and oxygen atoms in total. The number of aromatic nitrogens is 2. The molecule has 0 aliphatic carbocycles. The number of thioether (sulfide) groups is 1. The maximum Gasteiger partial charge on any atom is 0.277 e. The van der Waals surface area contributed by atoms with Crippen molar-refractivity contribution < 1.29 is 18.4 Å². The maximum atomic E-state index is 12.2. The molecule has 4 rings (SSSR count). The summed E-state index contributed by atoms with van der Waals surface area (Å²) < 4.78 is 16.6. The Balaban J connectivity index is 1.29. The van der Waals surface area contributed by atoms with Crippen molar-refractivity contribution in [3.05, 3.63) is 72.2 Å². The lowest BCUT2D eigenvalue weighted by Crippen LogP contribution is -2.13. The number of carbonyl (C=O) groups excluding carboxylic acids is 1. The van der Waals surface area contributed by atoms with Gasteiger partial charge >= 0.3 is 0 Å². The highest BCUT2D eigenvalue weighted by molar-refractivity contribution is 7.99. The van der Waals surface area contributed by atoms with Gasteiger partial charge in [-0.2, -0.15) is 0 Å². The highest BCUT2D eigenvalue weighted by Gasteiger charge is 2.14. The number of amides is 1. The minimum atomic E-state index is -0.174. The second kappa shape index (κ2) is 8.87. The van der Waals surface area contributed by atoms with Crippen LogP contribution in [0, 0.1) is 13.8 Å². The van der Waals surface area contributed by atoms with E-state index in [4.69, 9.17) is 13.6 Å². The topological polar surface area (TPSA) is 90.4 Å². The third kappa shape index (κ3) is 4.90. The fourth-order valence-corrected chi connectivity index (χ4v) is 3.29. The van der Waals surface area contributed by atoms with Crippen molar-refractivity contribution >= 4 is 23.4 Å². The van der Waals surface area contributed by atoms with Gasteiger partial charge in [-0.25, -0.2) is 0 Å². The number of hydrogen-bond acceptors (Lipinski definition) is 7. The van der Waals surface area contributed by atoms with E-state index in [9.17, 15) is 4.79 Å². The highest BCUT2D eigenvalue weighted by atomic mass is 32.2. The van der Waals surface area contributed by atoms with Crippen LogP contribution < -0.4 is 10.1 Å². The van der Waals surface area contributed by atoms with Crippen molar-refractivity contribution in [3.8, 4) is 23.0 Å². The largest absolute Gasteiger partial charge is 0.469 e. The number of benzene rings is 2. The Kier molecular flexibility index (Phi) is 5.85. The lowest BCUT2D eigenvalue weighted by Gasteiger charge is -2.08. The van der Waals surface area contributed by atoms with Crippen LogP contribution in [0.5, 0.6) is 11.5 Å². The summed E-state index contributed by atoms with van der Waals surface area (Å²) in [5.41, 5.74) is 2.55. The average Bonchev–Trinajstić information content (AvgIpc) is 3.36. The molecule has 0 fully saturated rings. The molecule has 2 aromatic heterocycles. The molecule has 0 unspecified atom stereocenters. The summed E-state index contributed by atoms with van der Waals surface area (Å²) in [4.78, 5) is 12.2. The Labute approximate surface area is 177 Å². The molecule has 0 spiro atoms. The number of nitrogens with one attached hydrogen (secondary N) is 1. The van der Waals surface area contributed by atoms with Gasteiger partial charge in [0.1, 0.15) is 17.3 Å². The quantitative estimate of drug-likeness (QED) is 0.396. The van der Waals surface area contributed by atoms with Gasteiger partial charge < -0.3 is 18.9 Å². The van der Waals surface area contributed by atoms with Gasteiger partial charge in [0.25, 0.3) is 11.1 Å². The van der Waals surface area contributed by atoms with E-state index in [-0.39, 0.29) is 11.7 Å². The van der Waals surface area contributed by atoms with Gasteiger partial charge in [0, 0.05) is 5.69 Å². The molecule has 0 bridgehead atoms. The van der Waals surface area contributed by atoms with Gasteiger partial charge in [-0.3, -0.25) is 4.79 Å². The zero-order valence-electron chi connectivity index (χ0n) is 16.4. The summed E-state index contributed by atoms with van der Waals surface area (Å²) in [6.45, 7) is 3.83. The standard InChI is InChI=1S/C22H19N3O4S/c1-14-4-3-5-18(12-14)28-17-8-6-16(7-9-17)23-20(26)13-30-22-25-24-21(29-22)19-10-11-27-15(19)2/h3-12H,13H2,1-2H3,(H,23,26). The molecular weight excluding hydrogens is 402 g/mol. The SMILES string of the molecule is Cc1cccc(Oc2ccc(NC(=O)CSc3nnc(-c4ccoc4C)o3)cc2)c1. The summed E-state index contributed by atoms with van der Waals surface area (Å²) in [5.74, 6) is 2.50. The summed E-state index contributed by atoms with van der Waals surface area (Å²) in [7, 11) is 0. The van der Waals surface area contributed by atoms with Crippen LogP contribution in [0.1, 0.15) is 11.3 Å². The van der Waals surface area contributed by atoms with Crippen molar-refractivity contribution in [2.75, 3.05) is 11.1 Å². The van der Waals surface area contributed by atoms with Gasteiger partial charge in [-0.05, 0) is 61.9 Å². The van der Waals surface area contributed by atoms with Gasteiger partial charge in [-0.1, -0.05) is 23.9 Å². The van der Waals surface area contributed by atoms with Crippen LogP contribution in [0.2, 0.25) is 0 Å². The predicted molar refractivity (Wildman–Crippen MR) is 114 cm³/mol. The van der Waals surface area contributed by atoms with E-state index >= 15 is 0 Å². The van der Waals surface area contributed by atoms with E-state index in [1.165, 1.54) is 11.8 Å². The van der Waals surface area contributed by atoms with Crippen LogP contribution in [-0.2, 0) is 4.79 Å². The highest BCUT2D eigenvalue weighted by Crippen LogP contribution is 2.27. The fourth-order valence-electron chi connectivity index (χ4n) is 2.73. The molecule has 0 aliphatic rings. The number of ether oxygens (including phenoxy) is 1. The first-order valence-electron chi connectivity index (χ1n) is 9.22. The maximum absolute atomic E-state index is 12.2. The lowest BCUT2D eigenvalue weighted by atomic mass is 10.2. The number of nitrogens with zero attached hydrogens (tertiary/aromatic N) is 2. The average molecular weight is 421 g/mol. The van der Waals surface area contributed by atoms with Gasteiger partial charge in [0.2, 0.25) is 5.91 Å². The first-order chi connectivity index (χ1) is 14.6. The van der Waals surface area contributed by atoms with Crippen molar-refractivity contribution in [1.82, 2.24) is 10.2 Å². The van der Waals surface area contributed by atoms with E-state index in [0.29, 0.717) is 28.3 Å². The molecule has 0 saturated heterocycles. The molecule has 8 heteroatoms. The zero-order chi connectivity index (χ0) is 20.9. The molecule has 0 atom stereocenters. The first-order valence-corrected chi connectivity index (χ1v) is 10.2. The number of carbonyl (C=O) groups is 1. The minimum Gasteiger partial charge on any atom is -0.469 e. The van der Waals surface area contributed by atoms with Crippen molar-refractivity contribution in [1.29, 1.82) is 0 Å². The second-order valence-electron chi connectivity index (χ2n) is 6.54. The first kappa shape index (κ1) is 19.8. The molecule has 2 aromatic carbocycles. The molecule has 4 aromatic rings. The van der Waals surface area contributed by atoms with Crippen LogP contribution in [0.4, 0.5) is 5.69 Å². The lowest BCUT2D eigenvalue weighted by molar-refractivity contribution is -0.113. The van der Waals surface area contributed by atoms with Crippen LogP contribution in [-0.4, -0.2) is 21.9 Å². The Morgan fingerprint density at radius 2 is 1.90 bits per heavy atom. The Morgan fingerprint density at radius 1 is 1.07 bits per heavy atom. The number of rotatable bonds is 7.